The first-order valence-corrected chi connectivity index (χ1v) is 5.86. The van der Waals surface area contributed by atoms with Crippen LogP contribution in [0.3, 0.4) is 0 Å². The molecule has 19 heavy (non-hydrogen) atoms. The zero-order chi connectivity index (χ0) is 14.0. The summed E-state index contributed by atoms with van der Waals surface area (Å²) in [7, 11) is 0. The maximum absolute atomic E-state index is 13.8. The Kier molecular flexibility index (Phi) is 3.84. The standard InChI is InChI=1S/C12H14F2N2O3/c1-2-19-8-5-16(6-8)11-9(13)3-7(4-10(11)14)15-12(17)18/h3-4,8,15H,2,5-6H2,1H3,(H,17,18). The number of amides is 1. The van der Waals surface area contributed by atoms with Crippen LogP contribution in [0.4, 0.5) is 25.0 Å². The summed E-state index contributed by atoms with van der Waals surface area (Å²) in [6.07, 6.45) is -1.38. The van der Waals surface area contributed by atoms with E-state index in [0.717, 1.165) is 12.1 Å². The molecule has 1 aromatic carbocycles. The number of ether oxygens (including phenoxy) is 1. The van der Waals surface area contributed by atoms with Gasteiger partial charge in [0.05, 0.1) is 6.10 Å². The van der Waals surface area contributed by atoms with Crippen molar-refractivity contribution in [1.82, 2.24) is 0 Å². The molecule has 5 nitrogen and oxygen atoms in total. The van der Waals surface area contributed by atoms with Crippen LogP contribution >= 0.6 is 0 Å². The fraction of sp³-hybridized carbons (Fsp3) is 0.417. The number of benzene rings is 1. The van der Waals surface area contributed by atoms with Crippen molar-refractivity contribution in [1.29, 1.82) is 0 Å². The van der Waals surface area contributed by atoms with Gasteiger partial charge in [-0.1, -0.05) is 0 Å². The summed E-state index contributed by atoms with van der Waals surface area (Å²) in [6, 6.07) is 1.92. The van der Waals surface area contributed by atoms with Crippen LogP contribution < -0.4 is 10.2 Å². The summed E-state index contributed by atoms with van der Waals surface area (Å²) in [5, 5.41) is 10.4. The number of halogens is 2. The van der Waals surface area contributed by atoms with E-state index in [1.807, 2.05) is 12.2 Å². The molecule has 1 saturated heterocycles. The van der Waals surface area contributed by atoms with Crippen molar-refractivity contribution in [3.63, 3.8) is 0 Å². The summed E-state index contributed by atoms with van der Waals surface area (Å²) >= 11 is 0. The predicted octanol–water partition coefficient (Wildman–Crippen LogP) is 2.28. The third-order valence-corrected chi connectivity index (χ3v) is 2.83. The molecule has 0 aromatic heterocycles. The molecule has 2 rings (SSSR count). The van der Waals surface area contributed by atoms with Gasteiger partial charge in [0.25, 0.3) is 0 Å². The van der Waals surface area contributed by atoms with E-state index in [1.54, 1.807) is 0 Å². The molecule has 0 saturated carbocycles. The fourth-order valence-electron chi connectivity index (χ4n) is 2.03. The van der Waals surface area contributed by atoms with Crippen LogP contribution in [0, 0.1) is 11.6 Å². The van der Waals surface area contributed by atoms with Gasteiger partial charge in [-0.15, -0.1) is 0 Å². The number of carbonyl (C=O) groups is 1. The summed E-state index contributed by atoms with van der Waals surface area (Å²) in [5.74, 6) is -1.59. The average molecular weight is 272 g/mol. The first kappa shape index (κ1) is 13.5. The van der Waals surface area contributed by atoms with Gasteiger partial charge >= 0.3 is 6.09 Å². The Labute approximate surface area is 108 Å². The minimum atomic E-state index is -1.37. The third kappa shape index (κ3) is 2.93. The van der Waals surface area contributed by atoms with Crippen LogP contribution in [0.2, 0.25) is 0 Å². The molecule has 0 radical (unpaired) electrons. The molecule has 2 N–H and O–H groups in total. The minimum Gasteiger partial charge on any atom is -0.465 e. The van der Waals surface area contributed by atoms with E-state index in [-0.39, 0.29) is 17.5 Å². The molecule has 0 aliphatic carbocycles. The zero-order valence-corrected chi connectivity index (χ0v) is 10.3. The van der Waals surface area contributed by atoms with Gasteiger partial charge in [-0.3, -0.25) is 5.32 Å². The largest absolute Gasteiger partial charge is 0.465 e. The van der Waals surface area contributed by atoms with Crippen molar-refractivity contribution in [2.45, 2.75) is 13.0 Å². The maximum atomic E-state index is 13.8. The number of anilines is 2. The summed E-state index contributed by atoms with van der Waals surface area (Å²) in [5.41, 5.74) is -0.278. The Hall–Kier alpha value is -1.89. The molecule has 1 heterocycles. The highest BCUT2D eigenvalue weighted by atomic mass is 19.1. The molecule has 104 valence electrons. The molecule has 1 aromatic rings. The minimum absolute atomic E-state index is 0.0133. The van der Waals surface area contributed by atoms with Gasteiger partial charge in [0, 0.05) is 25.4 Å². The molecule has 0 bridgehead atoms. The molecule has 0 spiro atoms. The highest BCUT2D eigenvalue weighted by Crippen LogP contribution is 2.31. The van der Waals surface area contributed by atoms with Gasteiger partial charge < -0.3 is 14.7 Å². The van der Waals surface area contributed by atoms with E-state index >= 15 is 0 Å². The Bertz CT molecular complexity index is 467. The average Bonchev–Trinajstić information content (AvgIpc) is 2.23. The Morgan fingerprint density at radius 2 is 2.05 bits per heavy atom. The number of nitrogens with zero attached hydrogens (tertiary/aromatic N) is 1. The number of carboxylic acid groups (broad SMARTS) is 1. The summed E-state index contributed by atoms with van der Waals surface area (Å²) in [6.45, 7) is 3.27. The lowest BCUT2D eigenvalue weighted by Crippen LogP contribution is -2.53. The number of rotatable bonds is 4. The number of hydrogen-bond acceptors (Lipinski definition) is 3. The molecule has 1 aliphatic rings. The molecule has 1 aliphatic heterocycles. The lowest BCUT2D eigenvalue weighted by molar-refractivity contribution is 0.0425. The first-order chi connectivity index (χ1) is 9.01. The highest BCUT2D eigenvalue weighted by molar-refractivity contribution is 5.83. The second-order valence-electron chi connectivity index (χ2n) is 4.20. The van der Waals surface area contributed by atoms with Crippen LogP contribution in [-0.2, 0) is 4.74 Å². The number of hydrogen-bond donors (Lipinski definition) is 2. The van der Waals surface area contributed by atoms with E-state index in [2.05, 4.69) is 0 Å². The smallest absolute Gasteiger partial charge is 0.409 e. The SMILES string of the molecule is CCOC1CN(c2c(F)cc(NC(=O)O)cc2F)C1. The quantitative estimate of drug-likeness (QED) is 0.882. The fourth-order valence-corrected chi connectivity index (χ4v) is 2.03. The van der Waals surface area contributed by atoms with E-state index in [9.17, 15) is 13.6 Å². The van der Waals surface area contributed by atoms with Gasteiger partial charge in [0.15, 0.2) is 11.6 Å². The molecule has 0 atom stereocenters. The van der Waals surface area contributed by atoms with E-state index in [4.69, 9.17) is 9.84 Å². The summed E-state index contributed by atoms with van der Waals surface area (Å²) < 4.78 is 32.9. The second-order valence-corrected chi connectivity index (χ2v) is 4.20. The van der Waals surface area contributed by atoms with Gasteiger partial charge in [-0.05, 0) is 19.1 Å². The van der Waals surface area contributed by atoms with Crippen LogP contribution in [0.5, 0.6) is 0 Å². The van der Waals surface area contributed by atoms with Crippen molar-refractivity contribution in [3.8, 4) is 0 Å². The van der Waals surface area contributed by atoms with Crippen molar-refractivity contribution >= 4 is 17.5 Å². The predicted molar refractivity (Wildman–Crippen MR) is 65.6 cm³/mol. The topological polar surface area (TPSA) is 61.8 Å². The van der Waals surface area contributed by atoms with Crippen molar-refractivity contribution in [3.05, 3.63) is 23.8 Å². The van der Waals surface area contributed by atoms with Gasteiger partial charge in [-0.25, -0.2) is 13.6 Å². The monoisotopic (exact) mass is 272 g/mol. The summed E-state index contributed by atoms with van der Waals surface area (Å²) in [4.78, 5) is 11.9. The molecule has 7 heteroatoms. The van der Waals surface area contributed by atoms with E-state index < -0.39 is 17.7 Å². The second kappa shape index (κ2) is 5.40. The molecular formula is C12H14F2N2O3. The lowest BCUT2D eigenvalue weighted by atomic mass is 10.1. The van der Waals surface area contributed by atoms with Crippen LogP contribution in [0.15, 0.2) is 12.1 Å². The van der Waals surface area contributed by atoms with Crippen molar-refractivity contribution in [2.75, 3.05) is 29.9 Å². The molecule has 0 unspecified atom stereocenters. The Balaban J connectivity index is 2.12. The van der Waals surface area contributed by atoms with E-state index in [1.165, 1.54) is 4.90 Å². The van der Waals surface area contributed by atoms with Crippen LogP contribution in [0.1, 0.15) is 6.92 Å². The maximum Gasteiger partial charge on any atom is 0.409 e. The first-order valence-electron chi connectivity index (χ1n) is 5.86. The van der Waals surface area contributed by atoms with Gasteiger partial charge in [-0.2, -0.15) is 0 Å². The Morgan fingerprint density at radius 1 is 1.47 bits per heavy atom. The Morgan fingerprint density at radius 3 is 2.53 bits per heavy atom. The van der Waals surface area contributed by atoms with Gasteiger partial charge in [0.1, 0.15) is 5.69 Å². The molecule has 1 fully saturated rings. The lowest BCUT2D eigenvalue weighted by Gasteiger charge is -2.40. The molecular weight excluding hydrogens is 258 g/mol. The number of nitrogens with one attached hydrogen (secondary N) is 1. The van der Waals surface area contributed by atoms with Crippen LogP contribution in [0.25, 0.3) is 0 Å². The van der Waals surface area contributed by atoms with Crippen molar-refractivity contribution < 1.29 is 23.4 Å². The zero-order valence-electron chi connectivity index (χ0n) is 10.3. The van der Waals surface area contributed by atoms with Crippen LogP contribution in [-0.4, -0.2) is 37.0 Å². The normalized spacial score (nSPS) is 15.2. The third-order valence-electron chi connectivity index (χ3n) is 2.83. The van der Waals surface area contributed by atoms with Crippen molar-refractivity contribution in [2.24, 2.45) is 0 Å². The van der Waals surface area contributed by atoms with Gasteiger partial charge in [0.2, 0.25) is 0 Å². The highest BCUT2D eigenvalue weighted by Gasteiger charge is 2.31. The van der Waals surface area contributed by atoms with E-state index in [0.29, 0.717) is 19.7 Å². The molecule has 1 amide bonds.